The van der Waals surface area contributed by atoms with Gasteiger partial charge in [0.25, 0.3) is 0 Å². The Labute approximate surface area is 122 Å². The summed E-state index contributed by atoms with van der Waals surface area (Å²) in [5.74, 6) is -0.246. The summed E-state index contributed by atoms with van der Waals surface area (Å²) in [6.45, 7) is 0. The van der Waals surface area contributed by atoms with Crippen molar-refractivity contribution in [2.24, 2.45) is 0 Å². The van der Waals surface area contributed by atoms with E-state index in [0.29, 0.717) is 5.56 Å². The average molecular weight is 284 g/mol. The highest BCUT2D eigenvalue weighted by atomic mass is 16.5. The largest absolute Gasteiger partial charge is 0.453 e. The maximum absolute atomic E-state index is 12.5. The topological polar surface area (TPSA) is 67.4 Å². The van der Waals surface area contributed by atoms with Crippen molar-refractivity contribution >= 4 is 17.6 Å². The molecule has 1 atom stereocenters. The lowest BCUT2D eigenvalue weighted by atomic mass is 10.1. The number of carbonyl (C=O) groups is 2. The molecule has 2 aromatic rings. The molecule has 0 saturated carbocycles. The molecule has 0 aliphatic carbocycles. The second-order valence-electron chi connectivity index (χ2n) is 4.31. The fourth-order valence-corrected chi connectivity index (χ4v) is 1.81. The second-order valence-corrected chi connectivity index (χ2v) is 4.31. The molecule has 1 amide bonds. The molecule has 0 heterocycles. The van der Waals surface area contributed by atoms with E-state index < -0.39 is 12.3 Å². The van der Waals surface area contributed by atoms with Gasteiger partial charge in [-0.05, 0) is 12.1 Å². The summed E-state index contributed by atoms with van der Waals surface area (Å²) in [6.07, 6.45) is -1.57. The first-order valence-electron chi connectivity index (χ1n) is 6.46. The third kappa shape index (κ3) is 4.07. The third-order valence-electron chi connectivity index (χ3n) is 2.85. The number of hydrogen-bond acceptors (Lipinski definition) is 4. The Hall–Kier alpha value is -2.82. The van der Waals surface area contributed by atoms with E-state index in [1.807, 2.05) is 36.4 Å². The van der Waals surface area contributed by atoms with Crippen molar-refractivity contribution in [2.45, 2.75) is 6.17 Å². The van der Waals surface area contributed by atoms with Gasteiger partial charge in [-0.15, -0.1) is 0 Å². The van der Waals surface area contributed by atoms with Gasteiger partial charge in [-0.2, -0.15) is 0 Å². The summed E-state index contributed by atoms with van der Waals surface area (Å²) in [4.78, 5) is 23.9. The van der Waals surface area contributed by atoms with Crippen LogP contribution in [0, 0.1) is 0 Å². The van der Waals surface area contributed by atoms with Crippen molar-refractivity contribution in [2.75, 3.05) is 12.4 Å². The summed E-state index contributed by atoms with van der Waals surface area (Å²) >= 11 is 0. The number of ether oxygens (including phenoxy) is 1. The number of alkyl carbamates (subject to hydrolysis) is 1. The van der Waals surface area contributed by atoms with Crippen molar-refractivity contribution in [3.8, 4) is 0 Å². The summed E-state index contributed by atoms with van der Waals surface area (Å²) in [5, 5.41) is 5.47. The molecule has 0 aliphatic heterocycles. The summed E-state index contributed by atoms with van der Waals surface area (Å²) in [5.41, 5.74) is 1.23. The minimum atomic E-state index is -0.901. The van der Waals surface area contributed by atoms with Crippen LogP contribution >= 0.6 is 0 Å². The zero-order valence-corrected chi connectivity index (χ0v) is 11.6. The molecule has 0 saturated heterocycles. The van der Waals surface area contributed by atoms with E-state index in [9.17, 15) is 9.59 Å². The number of hydrogen-bond donors (Lipinski definition) is 2. The molecule has 0 bridgehead atoms. The first-order chi connectivity index (χ1) is 10.2. The van der Waals surface area contributed by atoms with Gasteiger partial charge in [0.05, 0.1) is 7.11 Å². The molecular weight excluding hydrogens is 268 g/mol. The molecule has 0 radical (unpaired) electrons. The lowest BCUT2D eigenvalue weighted by Gasteiger charge is -2.19. The summed E-state index contributed by atoms with van der Waals surface area (Å²) in [7, 11) is 1.25. The molecule has 5 nitrogen and oxygen atoms in total. The molecule has 21 heavy (non-hydrogen) atoms. The SMILES string of the molecule is COC(=O)NC(Nc1ccccc1)C(=O)c1ccccc1. The Bertz CT molecular complexity index is 599. The number of Topliss-reactive ketones (excluding diaryl/α,β-unsaturated/α-hetero) is 1. The van der Waals surface area contributed by atoms with Crippen LogP contribution in [0.2, 0.25) is 0 Å². The van der Waals surface area contributed by atoms with Gasteiger partial charge in [-0.1, -0.05) is 48.5 Å². The van der Waals surface area contributed by atoms with Crippen molar-refractivity contribution in [3.63, 3.8) is 0 Å². The van der Waals surface area contributed by atoms with E-state index in [-0.39, 0.29) is 5.78 Å². The highest BCUT2D eigenvalue weighted by molar-refractivity contribution is 6.02. The molecule has 1 unspecified atom stereocenters. The number of ketones is 1. The molecule has 0 aromatic heterocycles. The Balaban J connectivity index is 2.19. The van der Waals surface area contributed by atoms with Crippen LogP contribution < -0.4 is 10.6 Å². The molecule has 2 N–H and O–H groups in total. The highest BCUT2D eigenvalue weighted by Gasteiger charge is 2.22. The predicted molar refractivity (Wildman–Crippen MR) is 80.2 cm³/mol. The monoisotopic (exact) mass is 284 g/mol. The fraction of sp³-hybridized carbons (Fsp3) is 0.125. The predicted octanol–water partition coefficient (Wildman–Crippen LogP) is 2.66. The first-order valence-corrected chi connectivity index (χ1v) is 6.46. The number of methoxy groups -OCH3 is 1. The highest BCUT2D eigenvalue weighted by Crippen LogP contribution is 2.10. The van der Waals surface area contributed by atoms with Crippen molar-refractivity contribution in [3.05, 3.63) is 66.2 Å². The number of anilines is 1. The average Bonchev–Trinajstić information content (AvgIpc) is 2.55. The zero-order chi connectivity index (χ0) is 15.1. The number of nitrogens with one attached hydrogen (secondary N) is 2. The molecule has 0 fully saturated rings. The van der Waals surface area contributed by atoms with E-state index in [2.05, 4.69) is 15.4 Å². The van der Waals surface area contributed by atoms with Crippen LogP contribution in [0.3, 0.4) is 0 Å². The maximum atomic E-state index is 12.5. The van der Waals surface area contributed by atoms with Gasteiger partial charge in [0.1, 0.15) is 0 Å². The molecule has 2 rings (SSSR count). The standard InChI is InChI=1S/C16H16N2O3/c1-21-16(20)18-15(17-13-10-6-3-7-11-13)14(19)12-8-4-2-5-9-12/h2-11,15,17H,1H3,(H,18,20). The number of rotatable bonds is 5. The molecule has 108 valence electrons. The Kier molecular flexibility index (Phi) is 4.93. The maximum Gasteiger partial charge on any atom is 0.408 e. The summed E-state index contributed by atoms with van der Waals surface area (Å²) in [6, 6.07) is 17.9. The van der Waals surface area contributed by atoms with E-state index in [0.717, 1.165) is 5.69 Å². The van der Waals surface area contributed by atoms with Crippen LogP contribution in [0.15, 0.2) is 60.7 Å². The number of carbonyl (C=O) groups excluding carboxylic acids is 2. The van der Waals surface area contributed by atoms with Gasteiger partial charge < -0.3 is 10.1 Å². The molecule has 0 aliphatic rings. The number of benzene rings is 2. The zero-order valence-electron chi connectivity index (χ0n) is 11.6. The van der Waals surface area contributed by atoms with Crippen LogP contribution in [0.1, 0.15) is 10.4 Å². The lowest BCUT2D eigenvalue weighted by Crippen LogP contribution is -2.46. The first kappa shape index (κ1) is 14.6. The van der Waals surface area contributed by atoms with Gasteiger partial charge in [0.15, 0.2) is 6.17 Å². The van der Waals surface area contributed by atoms with Gasteiger partial charge in [-0.25, -0.2) is 4.79 Å². The normalized spacial score (nSPS) is 11.3. The van der Waals surface area contributed by atoms with Crippen LogP contribution in [-0.2, 0) is 4.74 Å². The number of amides is 1. The van der Waals surface area contributed by atoms with Crippen LogP contribution in [0.25, 0.3) is 0 Å². The van der Waals surface area contributed by atoms with Crippen molar-refractivity contribution in [1.29, 1.82) is 0 Å². The fourth-order valence-electron chi connectivity index (χ4n) is 1.81. The molecule has 5 heteroatoms. The minimum Gasteiger partial charge on any atom is -0.453 e. The van der Waals surface area contributed by atoms with E-state index in [4.69, 9.17) is 0 Å². The minimum absolute atomic E-state index is 0.246. The molecular formula is C16H16N2O3. The van der Waals surface area contributed by atoms with Gasteiger partial charge in [0.2, 0.25) is 5.78 Å². The quantitative estimate of drug-likeness (QED) is 0.654. The Morgan fingerprint density at radius 2 is 1.52 bits per heavy atom. The lowest BCUT2D eigenvalue weighted by molar-refractivity contribution is 0.0944. The van der Waals surface area contributed by atoms with E-state index >= 15 is 0 Å². The van der Waals surface area contributed by atoms with Crippen LogP contribution in [0.5, 0.6) is 0 Å². The molecule has 0 spiro atoms. The van der Waals surface area contributed by atoms with Crippen LogP contribution in [0.4, 0.5) is 10.5 Å². The molecule has 2 aromatic carbocycles. The Morgan fingerprint density at radius 1 is 0.952 bits per heavy atom. The van der Waals surface area contributed by atoms with Crippen molar-refractivity contribution < 1.29 is 14.3 Å². The Morgan fingerprint density at radius 3 is 2.10 bits per heavy atom. The second kappa shape index (κ2) is 7.09. The smallest absolute Gasteiger partial charge is 0.408 e. The third-order valence-corrected chi connectivity index (χ3v) is 2.85. The van der Waals surface area contributed by atoms with E-state index in [1.165, 1.54) is 7.11 Å². The number of para-hydroxylation sites is 1. The van der Waals surface area contributed by atoms with Gasteiger partial charge in [-0.3, -0.25) is 10.1 Å². The van der Waals surface area contributed by atoms with Gasteiger partial charge in [0, 0.05) is 11.3 Å². The van der Waals surface area contributed by atoms with Gasteiger partial charge >= 0.3 is 6.09 Å². The van der Waals surface area contributed by atoms with Crippen LogP contribution in [-0.4, -0.2) is 25.2 Å². The van der Waals surface area contributed by atoms with Crippen molar-refractivity contribution in [1.82, 2.24) is 5.32 Å². The summed E-state index contributed by atoms with van der Waals surface area (Å²) < 4.78 is 4.56. The van der Waals surface area contributed by atoms with E-state index in [1.54, 1.807) is 24.3 Å².